The summed E-state index contributed by atoms with van der Waals surface area (Å²) in [7, 11) is 1.27. The van der Waals surface area contributed by atoms with Crippen LogP contribution >= 0.6 is 0 Å². The van der Waals surface area contributed by atoms with Gasteiger partial charge in [0.25, 0.3) is 0 Å². The molecule has 6 rings (SSSR count). The fourth-order valence-corrected chi connectivity index (χ4v) is 6.22. The predicted molar refractivity (Wildman–Crippen MR) is 142 cm³/mol. The Kier molecular flexibility index (Phi) is 6.33. The van der Waals surface area contributed by atoms with Crippen LogP contribution in [0.5, 0.6) is 0 Å². The molecule has 1 amide bonds. The molecule has 1 aliphatic carbocycles. The third kappa shape index (κ3) is 4.86. The third-order valence-electron chi connectivity index (χ3n) is 8.63. The van der Waals surface area contributed by atoms with Crippen molar-refractivity contribution in [2.45, 2.75) is 44.3 Å². The number of carbonyl (C=O) groups excluding carboxylic acids is 1. The summed E-state index contributed by atoms with van der Waals surface area (Å²) in [5.41, 5.74) is 1.74. The van der Waals surface area contributed by atoms with Gasteiger partial charge < -0.3 is 15.0 Å². The molecule has 3 atom stereocenters. The van der Waals surface area contributed by atoms with Crippen LogP contribution in [0.15, 0.2) is 30.6 Å². The molecule has 3 aliphatic rings. The van der Waals surface area contributed by atoms with Gasteiger partial charge in [-0.15, -0.1) is 0 Å². The van der Waals surface area contributed by atoms with Crippen molar-refractivity contribution in [1.82, 2.24) is 19.7 Å². The number of hydrogen-bond donors (Lipinski definition) is 1. The maximum Gasteiger partial charge on any atom is 0.433 e. The van der Waals surface area contributed by atoms with Crippen LogP contribution in [0.4, 0.5) is 24.7 Å². The van der Waals surface area contributed by atoms with Crippen molar-refractivity contribution in [3.05, 3.63) is 47.4 Å². The van der Waals surface area contributed by atoms with E-state index >= 15 is 0 Å². The molecule has 3 aromatic rings. The van der Waals surface area contributed by atoms with Gasteiger partial charge in [-0.1, -0.05) is 0 Å². The first-order valence-corrected chi connectivity index (χ1v) is 13.4. The lowest BCUT2D eigenvalue weighted by atomic mass is 9.97. The molecule has 1 aromatic carbocycles. The Morgan fingerprint density at radius 1 is 1.13 bits per heavy atom. The molecule has 2 aliphatic heterocycles. The number of halogens is 3. The van der Waals surface area contributed by atoms with Crippen molar-refractivity contribution in [3.8, 4) is 0 Å². The molecule has 4 heterocycles. The number of anilines is 2. The number of alkyl halides is 3. The highest BCUT2D eigenvalue weighted by Gasteiger charge is 2.50. The van der Waals surface area contributed by atoms with Crippen LogP contribution in [0.3, 0.4) is 0 Å². The quantitative estimate of drug-likeness (QED) is 0.517. The Labute approximate surface area is 225 Å². The number of pyridine rings is 1. The zero-order valence-corrected chi connectivity index (χ0v) is 22.4. The number of nitrogens with one attached hydrogen (secondary N) is 1. The molecule has 1 N–H and O–H groups in total. The summed E-state index contributed by atoms with van der Waals surface area (Å²) in [6, 6.07) is 6.09. The van der Waals surface area contributed by atoms with Crippen LogP contribution in [0.1, 0.15) is 42.5 Å². The number of benzene rings is 1. The number of nitrogens with zero attached hydrogens (tertiary/aromatic N) is 5. The van der Waals surface area contributed by atoms with Crippen LogP contribution in [0, 0.1) is 12.8 Å². The minimum absolute atomic E-state index is 0.0753. The summed E-state index contributed by atoms with van der Waals surface area (Å²) in [5.74, 6) is -0.961. The van der Waals surface area contributed by atoms with Gasteiger partial charge in [0.2, 0.25) is 5.91 Å². The molecule has 39 heavy (non-hydrogen) atoms. The van der Waals surface area contributed by atoms with Crippen molar-refractivity contribution in [2.75, 3.05) is 49.6 Å². The Hall–Kier alpha value is -3.18. The molecule has 2 saturated heterocycles. The van der Waals surface area contributed by atoms with E-state index in [-0.39, 0.29) is 17.0 Å². The molecule has 0 unspecified atom stereocenters. The maximum absolute atomic E-state index is 13.5. The molecule has 0 bridgehead atoms. The van der Waals surface area contributed by atoms with Gasteiger partial charge in [-0.25, -0.2) is 4.98 Å². The van der Waals surface area contributed by atoms with E-state index in [1.807, 2.05) is 6.07 Å². The van der Waals surface area contributed by atoms with E-state index in [4.69, 9.17) is 4.74 Å². The topological polar surface area (TPSA) is 75.5 Å². The summed E-state index contributed by atoms with van der Waals surface area (Å²) in [5, 5.41) is 8.53. The van der Waals surface area contributed by atoms with Gasteiger partial charge in [0, 0.05) is 74.1 Å². The van der Waals surface area contributed by atoms with Crippen molar-refractivity contribution in [3.63, 3.8) is 0 Å². The molecular formula is C28H33F3N6O2. The van der Waals surface area contributed by atoms with Crippen LogP contribution in [-0.2, 0) is 22.8 Å². The fraction of sp³-hybridized carbons (Fsp3) is 0.536. The SMILES string of the molecule is Cc1cc2cnc(NC(=O)[C@@H]3C[C@H]3c3cnn(C)c3C(F)(F)F)cc2cc1N1CCN([C@]2(C)CCOC2)CC1. The Bertz CT molecular complexity index is 1410. The number of piperazine rings is 1. The highest BCUT2D eigenvalue weighted by Crippen LogP contribution is 2.51. The number of amides is 1. The Balaban J connectivity index is 1.15. The second kappa shape index (κ2) is 9.48. The molecular weight excluding hydrogens is 509 g/mol. The molecule has 8 nitrogen and oxygen atoms in total. The first kappa shape index (κ1) is 26.1. The van der Waals surface area contributed by atoms with Gasteiger partial charge in [0.1, 0.15) is 11.5 Å². The lowest BCUT2D eigenvalue weighted by molar-refractivity contribution is -0.144. The first-order valence-electron chi connectivity index (χ1n) is 13.4. The number of aryl methyl sites for hydroxylation is 2. The highest BCUT2D eigenvalue weighted by atomic mass is 19.4. The van der Waals surface area contributed by atoms with Crippen molar-refractivity contribution in [2.24, 2.45) is 13.0 Å². The standard InChI is InChI=1S/C28H33F3N6O2/c1-17-10-19-14-32-24(34-26(38)21-13-20(21)22-15-33-35(3)25(22)28(29,30)31)12-18(19)11-23(17)36-5-7-37(8-6-36)27(2)4-9-39-16-27/h10-12,14-15,20-21H,4-9,13,16H2,1-3H3,(H,32,34,38)/t20-,21-,27-/m1/s1. The number of carbonyl (C=O) groups is 1. The summed E-state index contributed by atoms with van der Waals surface area (Å²) in [6.45, 7) is 9.81. The number of fused-ring (bicyclic) bond motifs is 1. The second-order valence-corrected chi connectivity index (χ2v) is 11.3. The molecule has 2 aromatic heterocycles. The normalized spacial score (nSPS) is 25.8. The lowest BCUT2D eigenvalue weighted by Crippen LogP contribution is -2.56. The van der Waals surface area contributed by atoms with E-state index in [1.54, 1.807) is 6.20 Å². The molecule has 0 radical (unpaired) electrons. The number of ether oxygens (including phenoxy) is 1. The smallest absolute Gasteiger partial charge is 0.379 e. The highest BCUT2D eigenvalue weighted by molar-refractivity contribution is 5.97. The van der Waals surface area contributed by atoms with Crippen molar-refractivity contribution >= 4 is 28.2 Å². The molecule has 3 fully saturated rings. The lowest BCUT2D eigenvalue weighted by Gasteiger charge is -2.44. The van der Waals surface area contributed by atoms with Gasteiger partial charge in [-0.3, -0.25) is 14.4 Å². The molecule has 208 valence electrons. The number of aromatic nitrogens is 3. The van der Waals surface area contributed by atoms with E-state index in [0.29, 0.717) is 12.2 Å². The molecule has 1 saturated carbocycles. The summed E-state index contributed by atoms with van der Waals surface area (Å²) < 4.78 is 46.9. The van der Waals surface area contributed by atoms with E-state index in [0.717, 1.165) is 67.0 Å². The summed E-state index contributed by atoms with van der Waals surface area (Å²) >= 11 is 0. The van der Waals surface area contributed by atoms with Crippen LogP contribution < -0.4 is 10.2 Å². The van der Waals surface area contributed by atoms with Crippen molar-refractivity contribution in [1.29, 1.82) is 0 Å². The van der Waals surface area contributed by atoms with Crippen LogP contribution in [-0.4, -0.2) is 70.5 Å². The zero-order chi connectivity index (χ0) is 27.5. The largest absolute Gasteiger partial charge is 0.433 e. The van der Waals surface area contributed by atoms with Crippen LogP contribution in [0.25, 0.3) is 10.8 Å². The minimum atomic E-state index is -4.52. The van der Waals surface area contributed by atoms with E-state index in [1.165, 1.54) is 18.8 Å². The van der Waals surface area contributed by atoms with E-state index in [9.17, 15) is 18.0 Å². The third-order valence-corrected chi connectivity index (χ3v) is 8.63. The molecule has 0 spiro atoms. The van der Waals surface area contributed by atoms with Gasteiger partial charge in [0.15, 0.2) is 0 Å². The van der Waals surface area contributed by atoms with Gasteiger partial charge in [-0.2, -0.15) is 18.3 Å². The van der Waals surface area contributed by atoms with Crippen LogP contribution in [0.2, 0.25) is 0 Å². The first-order chi connectivity index (χ1) is 18.5. The average Bonchev–Trinajstić information content (AvgIpc) is 3.40. The fourth-order valence-electron chi connectivity index (χ4n) is 6.22. The van der Waals surface area contributed by atoms with E-state index in [2.05, 4.69) is 51.2 Å². The minimum Gasteiger partial charge on any atom is -0.379 e. The van der Waals surface area contributed by atoms with E-state index < -0.39 is 23.7 Å². The average molecular weight is 543 g/mol. The zero-order valence-electron chi connectivity index (χ0n) is 22.4. The summed E-state index contributed by atoms with van der Waals surface area (Å²) in [4.78, 5) is 22.3. The van der Waals surface area contributed by atoms with Gasteiger partial charge in [-0.05, 0) is 61.8 Å². The maximum atomic E-state index is 13.5. The van der Waals surface area contributed by atoms with Gasteiger partial charge in [0.05, 0.1) is 12.8 Å². The second-order valence-electron chi connectivity index (χ2n) is 11.3. The monoisotopic (exact) mass is 542 g/mol. The Morgan fingerprint density at radius 2 is 1.90 bits per heavy atom. The molecule has 11 heteroatoms. The van der Waals surface area contributed by atoms with Gasteiger partial charge >= 0.3 is 6.18 Å². The van der Waals surface area contributed by atoms with Crippen molar-refractivity contribution < 1.29 is 22.7 Å². The predicted octanol–water partition coefficient (Wildman–Crippen LogP) is 4.34. The number of hydrogen-bond acceptors (Lipinski definition) is 6. The summed E-state index contributed by atoms with van der Waals surface area (Å²) in [6.07, 6.45) is -0.143. The number of rotatable bonds is 5. The Morgan fingerprint density at radius 3 is 2.59 bits per heavy atom.